The summed E-state index contributed by atoms with van der Waals surface area (Å²) in [6, 6.07) is 5.66. The first-order valence-corrected chi connectivity index (χ1v) is 5.28. The minimum atomic E-state index is -0.532. The van der Waals surface area contributed by atoms with Gasteiger partial charge in [0.05, 0.1) is 12.0 Å². The summed E-state index contributed by atoms with van der Waals surface area (Å²) in [6.07, 6.45) is -0.532. The summed E-state index contributed by atoms with van der Waals surface area (Å²) in [5.74, 6) is 0.229. The number of aliphatic hydroxyl groups is 1. The third kappa shape index (κ3) is 3.74. The number of anilines is 1. The molecule has 0 aliphatic carbocycles. The Morgan fingerprint density at radius 3 is 2.71 bits per heavy atom. The van der Waals surface area contributed by atoms with Crippen LogP contribution in [0.3, 0.4) is 0 Å². The van der Waals surface area contributed by atoms with Crippen molar-refractivity contribution in [2.75, 3.05) is 17.7 Å². The van der Waals surface area contributed by atoms with Gasteiger partial charge in [0, 0.05) is 17.3 Å². The fourth-order valence-electron chi connectivity index (χ4n) is 1.13. The van der Waals surface area contributed by atoms with Crippen molar-refractivity contribution in [2.24, 2.45) is 0 Å². The molecule has 0 heterocycles. The van der Waals surface area contributed by atoms with Gasteiger partial charge in [0.2, 0.25) is 0 Å². The van der Waals surface area contributed by atoms with E-state index in [1.165, 1.54) is 0 Å². The minimum Gasteiger partial charge on any atom is -0.390 e. The number of nitrogens with one attached hydrogen (secondary N) is 1. The number of aliphatic hydroxyl groups excluding tert-OH is 1. The molecule has 0 aliphatic rings. The summed E-state index contributed by atoms with van der Waals surface area (Å²) in [5.41, 5.74) is 1.99. The van der Waals surface area contributed by atoms with Gasteiger partial charge >= 0.3 is 0 Å². The number of halogens is 2. The number of benzene rings is 1. The second-order valence-corrected chi connectivity index (χ2v) is 3.95. The average molecular weight is 234 g/mol. The Labute approximate surface area is 93.8 Å². The molecule has 4 heteroatoms. The predicted molar refractivity (Wildman–Crippen MR) is 61.4 cm³/mol. The first-order chi connectivity index (χ1) is 6.61. The highest BCUT2D eigenvalue weighted by Crippen LogP contribution is 2.18. The Morgan fingerprint density at radius 2 is 2.14 bits per heavy atom. The van der Waals surface area contributed by atoms with Gasteiger partial charge in [-0.3, -0.25) is 0 Å². The van der Waals surface area contributed by atoms with E-state index in [0.717, 1.165) is 11.3 Å². The molecular weight excluding hydrogens is 221 g/mol. The van der Waals surface area contributed by atoms with E-state index >= 15 is 0 Å². The van der Waals surface area contributed by atoms with Gasteiger partial charge in [0.25, 0.3) is 0 Å². The number of rotatable bonds is 4. The van der Waals surface area contributed by atoms with Gasteiger partial charge in [0.15, 0.2) is 0 Å². The van der Waals surface area contributed by atoms with E-state index in [2.05, 4.69) is 5.32 Å². The predicted octanol–water partition coefficient (Wildman–Crippen LogP) is 2.66. The van der Waals surface area contributed by atoms with E-state index in [9.17, 15) is 5.11 Å². The largest absolute Gasteiger partial charge is 0.390 e. The lowest BCUT2D eigenvalue weighted by atomic mass is 10.2. The molecule has 1 atom stereocenters. The minimum absolute atomic E-state index is 0.229. The van der Waals surface area contributed by atoms with Gasteiger partial charge in [0.1, 0.15) is 0 Å². The lowest BCUT2D eigenvalue weighted by Gasteiger charge is -2.10. The summed E-state index contributed by atoms with van der Waals surface area (Å²) >= 11 is 11.3. The van der Waals surface area contributed by atoms with Gasteiger partial charge in [-0.25, -0.2) is 0 Å². The molecule has 2 N–H and O–H groups in total. The molecular formula is C10H13Cl2NO. The van der Waals surface area contributed by atoms with Crippen LogP contribution in [-0.2, 0) is 0 Å². The van der Waals surface area contributed by atoms with Crippen molar-refractivity contribution in [2.45, 2.75) is 13.0 Å². The summed E-state index contributed by atoms with van der Waals surface area (Å²) < 4.78 is 0. The monoisotopic (exact) mass is 233 g/mol. The van der Waals surface area contributed by atoms with Crippen LogP contribution < -0.4 is 5.32 Å². The molecule has 1 aromatic carbocycles. The molecule has 2 nitrogen and oxygen atoms in total. The number of alkyl halides is 1. The third-order valence-electron chi connectivity index (χ3n) is 1.76. The summed E-state index contributed by atoms with van der Waals surface area (Å²) in [6.45, 7) is 2.40. The van der Waals surface area contributed by atoms with Crippen molar-refractivity contribution in [1.29, 1.82) is 0 Å². The van der Waals surface area contributed by atoms with Crippen molar-refractivity contribution >= 4 is 28.9 Å². The highest BCUT2D eigenvalue weighted by Gasteiger charge is 2.02. The van der Waals surface area contributed by atoms with Gasteiger partial charge in [-0.15, -0.1) is 11.6 Å². The maximum absolute atomic E-state index is 9.23. The van der Waals surface area contributed by atoms with Crippen LogP contribution >= 0.6 is 23.2 Å². The fourth-order valence-corrected chi connectivity index (χ4v) is 1.53. The summed E-state index contributed by atoms with van der Waals surface area (Å²) in [5, 5.41) is 13.0. The number of hydrogen-bond acceptors (Lipinski definition) is 2. The topological polar surface area (TPSA) is 32.3 Å². The van der Waals surface area contributed by atoms with Gasteiger partial charge in [-0.1, -0.05) is 11.6 Å². The van der Waals surface area contributed by atoms with E-state index in [0.29, 0.717) is 11.6 Å². The molecule has 0 aliphatic heterocycles. The van der Waals surface area contributed by atoms with Crippen LogP contribution in [0.5, 0.6) is 0 Å². The molecule has 1 aromatic rings. The molecule has 0 radical (unpaired) electrons. The second kappa shape index (κ2) is 5.44. The second-order valence-electron chi connectivity index (χ2n) is 3.21. The molecule has 78 valence electrons. The SMILES string of the molecule is Cc1cc(Cl)cc(NCC(O)CCl)c1. The highest BCUT2D eigenvalue weighted by atomic mass is 35.5. The molecule has 0 amide bonds. The first-order valence-electron chi connectivity index (χ1n) is 4.37. The number of hydrogen-bond donors (Lipinski definition) is 2. The molecule has 1 rings (SSSR count). The molecule has 14 heavy (non-hydrogen) atoms. The maximum Gasteiger partial charge on any atom is 0.0847 e. The smallest absolute Gasteiger partial charge is 0.0847 e. The molecule has 0 saturated carbocycles. The lowest BCUT2D eigenvalue weighted by molar-refractivity contribution is 0.211. The van der Waals surface area contributed by atoms with Crippen LogP contribution in [0, 0.1) is 6.92 Å². The van der Waals surface area contributed by atoms with Crippen LogP contribution in [0.4, 0.5) is 5.69 Å². The van der Waals surface area contributed by atoms with E-state index < -0.39 is 6.10 Å². The van der Waals surface area contributed by atoms with Crippen LogP contribution in [0.25, 0.3) is 0 Å². The van der Waals surface area contributed by atoms with Crippen molar-refractivity contribution in [3.05, 3.63) is 28.8 Å². The lowest BCUT2D eigenvalue weighted by Crippen LogP contribution is -2.20. The highest BCUT2D eigenvalue weighted by molar-refractivity contribution is 6.30. The quantitative estimate of drug-likeness (QED) is 0.785. The average Bonchev–Trinajstić information content (AvgIpc) is 2.12. The molecule has 0 spiro atoms. The Bertz CT molecular complexity index is 284. The Kier molecular flexibility index (Phi) is 4.52. The zero-order valence-corrected chi connectivity index (χ0v) is 9.44. The first kappa shape index (κ1) is 11.6. The molecule has 0 bridgehead atoms. The molecule has 1 unspecified atom stereocenters. The van der Waals surface area contributed by atoms with Crippen LogP contribution in [0.1, 0.15) is 5.56 Å². The fraction of sp³-hybridized carbons (Fsp3) is 0.400. The van der Waals surface area contributed by atoms with E-state index in [-0.39, 0.29) is 5.88 Å². The molecule has 0 fully saturated rings. The Hall–Kier alpha value is -0.440. The molecule has 0 aromatic heterocycles. The van der Waals surface area contributed by atoms with Gasteiger partial charge < -0.3 is 10.4 Å². The normalized spacial score (nSPS) is 12.6. The summed E-state index contributed by atoms with van der Waals surface area (Å²) in [4.78, 5) is 0. The zero-order chi connectivity index (χ0) is 10.6. The summed E-state index contributed by atoms with van der Waals surface area (Å²) in [7, 11) is 0. The zero-order valence-electron chi connectivity index (χ0n) is 7.93. The van der Waals surface area contributed by atoms with Crippen LogP contribution in [0.2, 0.25) is 5.02 Å². The van der Waals surface area contributed by atoms with Crippen molar-refractivity contribution in [1.82, 2.24) is 0 Å². The van der Waals surface area contributed by atoms with E-state index in [4.69, 9.17) is 23.2 Å². The van der Waals surface area contributed by atoms with E-state index in [1.807, 2.05) is 25.1 Å². The number of aryl methyl sites for hydroxylation is 1. The standard InChI is InChI=1S/C10H13Cl2NO/c1-7-2-8(12)4-9(3-7)13-6-10(14)5-11/h2-4,10,13-14H,5-6H2,1H3. The Balaban J connectivity index is 2.58. The van der Waals surface area contributed by atoms with Crippen molar-refractivity contribution < 1.29 is 5.11 Å². The van der Waals surface area contributed by atoms with Crippen molar-refractivity contribution in [3.63, 3.8) is 0 Å². The van der Waals surface area contributed by atoms with Crippen LogP contribution in [-0.4, -0.2) is 23.6 Å². The third-order valence-corrected chi connectivity index (χ3v) is 2.34. The maximum atomic E-state index is 9.23. The Morgan fingerprint density at radius 1 is 1.43 bits per heavy atom. The van der Waals surface area contributed by atoms with E-state index in [1.54, 1.807) is 0 Å². The van der Waals surface area contributed by atoms with Crippen LogP contribution in [0.15, 0.2) is 18.2 Å². The molecule has 0 saturated heterocycles. The van der Waals surface area contributed by atoms with Gasteiger partial charge in [-0.2, -0.15) is 0 Å². The van der Waals surface area contributed by atoms with Crippen molar-refractivity contribution in [3.8, 4) is 0 Å². The van der Waals surface area contributed by atoms with Gasteiger partial charge in [-0.05, 0) is 30.7 Å².